The van der Waals surface area contributed by atoms with Gasteiger partial charge in [0.05, 0.1) is 13.2 Å². The maximum atomic E-state index is 12.6. The summed E-state index contributed by atoms with van der Waals surface area (Å²) in [6, 6.07) is -0.120. The number of hydrogen-bond donors (Lipinski definition) is 1. The number of halogens is 3. The van der Waals surface area contributed by atoms with Gasteiger partial charge in [0, 0.05) is 25.7 Å². The molecular formula is C12H23F3N2O. The molecule has 0 spiro atoms. The van der Waals surface area contributed by atoms with Crippen LogP contribution in [0.2, 0.25) is 0 Å². The first kappa shape index (κ1) is 15.7. The molecule has 0 heterocycles. The Morgan fingerprint density at radius 1 is 1.39 bits per heavy atom. The summed E-state index contributed by atoms with van der Waals surface area (Å²) >= 11 is 0. The average molecular weight is 268 g/mol. The van der Waals surface area contributed by atoms with Gasteiger partial charge in [0.2, 0.25) is 0 Å². The minimum Gasteiger partial charge on any atom is -0.383 e. The summed E-state index contributed by atoms with van der Waals surface area (Å²) in [7, 11) is 1.53. The maximum absolute atomic E-state index is 12.6. The Morgan fingerprint density at radius 3 is 2.50 bits per heavy atom. The molecule has 1 rings (SSSR count). The van der Waals surface area contributed by atoms with Crippen LogP contribution in [-0.2, 0) is 4.74 Å². The van der Waals surface area contributed by atoms with Gasteiger partial charge in [-0.2, -0.15) is 13.2 Å². The summed E-state index contributed by atoms with van der Waals surface area (Å²) in [5.74, 6) is 0. The second-order valence-corrected chi connectivity index (χ2v) is 4.83. The molecule has 0 aromatic rings. The summed E-state index contributed by atoms with van der Waals surface area (Å²) < 4.78 is 42.8. The third kappa shape index (κ3) is 6.02. The van der Waals surface area contributed by atoms with Crippen molar-refractivity contribution in [1.82, 2.24) is 10.2 Å². The van der Waals surface area contributed by atoms with Crippen LogP contribution in [-0.4, -0.2) is 56.5 Å². The maximum Gasteiger partial charge on any atom is 0.401 e. The van der Waals surface area contributed by atoms with Crippen molar-refractivity contribution < 1.29 is 17.9 Å². The molecule has 3 nitrogen and oxygen atoms in total. The van der Waals surface area contributed by atoms with Crippen molar-refractivity contribution >= 4 is 0 Å². The van der Waals surface area contributed by atoms with Crippen LogP contribution in [0.5, 0.6) is 0 Å². The van der Waals surface area contributed by atoms with Crippen LogP contribution in [0.15, 0.2) is 0 Å². The lowest BCUT2D eigenvalue weighted by Gasteiger charge is -2.32. The van der Waals surface area contributed by atoms with Crippen molar-refractivity contribution in [3.05, 3.63) is 0 Å². The van der Waals surface area contributed by atoms with Gasteiger partial charge in [-0.15, -0.1) is 0 Å². The number of ether oxygens (including phenoxy) is 1. The molecule has 0 saturated heterocycles. The fourth-order valence-corrected chi connectivity index (χ4v) is 2.08. The van der Waals surface area contributed by atoms with Crippen molar-refractivity contribution in [3.63, 3.8) is 0 Å². The van der Waals surface area contributed by atoms with Gasteiger partial charge in [0.1, 0.15) is 0 Å². The summed E-state index contributed by atoms with van der Waals surface area (Å²) in [6.45, 7) is 2.91. The van der Waals surface area contributed by atoms with E-state index in [0.717, 1.165) is 25.8 Å². The van der Waals surface area contributed by atoms with Gasteiger partial charge in [-0.3, -0.25) is 4.90 Å². The zero-order chi connectivity index (χ0) is 13.6. The quantitative estimate of drug-likeness (QED) is 0.648. The largest absolute Gasteiger partial charge is 0.401 e. The van der Waals surface area contributed by atoms with Crippen LogP contribution in [0.3, 0.4) is 0 Å². The normalized spacial score (nSPS) is 18.3. The Morgan fingerprint density at radius 2 is 2.06 bits per heavy atom. The second kappa shape index (κ2) is 7.31. The molecule has 1 aliphatic carbocycles. The molecule has 6 heteroatoms. The minimum atomic E-state index is -4.14. The number of rotatable bonds is 9. The van der Waals surface area contributed by atoms with E-state index in [2.05, 4.69) is 5.32 Å². The zero-order valence-electron chi connectivity index (χ0n) is 11.1. The van der Waals surface area contributed by atoms with Crippen LogP contribution in [0.4, 0.5) is 13.2 Å². The van der Waals surface area contributed by atoms with Crippen molar-refractivity contribution in [2.75, 3.05) is 33.4 Å². The Kier molecular flexibility index (Phi) is 6.38. The fraction of sp³-hybridized carbons (Fsp3) is 1.00. The van der Waals surface area contributed by atoms with E-state index >= 15 is 0 Å². The fourth-order valence-electron chi connectivity index (χ4n) is 2.08. The van der Waals surface area contributed by atoms with Crippen LogP contribution in [0, 0.1) is 0 Å². The topological polar surface area (TPSA) is 24.5 Å². The van der Waals surface area contributed by atoms with E-state index in [1.807, 2.05) is 6.92 Å². The molecule has 1 fully saturated rings. The highest BCUT2D eigenvalue weighted by molar-refractivity contribution is 4.90. The van der Waals surface area contributed by atoms with E-state index in [4.69, 9.17) is 4.74 Å². The van der Waals surface area contributed by atoms with Gasteiger partial charge in [-0.05, 0) is 25.8 Å². The number of methoxy groups -OCH3 is 1. The Bertz CT molecular complexity index is 232. The highest BCUT2D eigenvalue weighted by Crippen LogP contribution is 2.31. The molecule has 0 aliphatic heterocycles. The third-order valence-corrected chi connectivity index (χ3v) is 3.01. The molecule has 0 radical (unpaired) electrons. The van der Waals surface area contributed by atoms with Gasteiger partial charge in [-0.1, -0.05) is 6.92 Å². The number of hydrogen-bond acceptors (Lipinski definition) is 3. The standard InChI is InChI=1S/C12H23F3N2O/c1-3-6-16-7-11(8-18-2)17(10-4-5-10)9-12(13,14)15/h10-11,16H,3-9H2,1-2H3. The van der Waals surface area contributed by atoms with Crippen molar-refractivity contribution in [1.29, 1.82) is 0 Å². The predicted octanol–water partition coefficient (Wildman–Crippen LogP) is 2.03. The lowest BCUT2D eigenvalue weighted by molar-refractivity contribution is -0.154. The lowest BCUT2D eigenvalue weighted by atomic mass is 10.2. The molecular weight excluding hydrogens is 245 g/mol. The predicted molar refractivity (Wildman–Crippen MR) is 64.6 cm³/mol. The van der Waals surface area contributed by atoms with Gasteiger partial charge in [0.15, 0.2) is 0 Å². The smallest absolute Gasteiger partial charge is 0.383 e. The molecule has 0 aromatic carbocycles. The number of nitrogens with one attached hydrogen (secondary N) is 1. The molecule has 1 aliphatic rings. The summed E-state index contributed by atoms with van der Waals surface area (Å²) in [5.41, 5.74) is 0. The molecule has 18 heavy (non-hydrogen) atoms. The molecule has 1 unspecified atom stereocenters. The monoisotopic (exact) mass is 268 g/mol. The van der Waals surface area contributed by atoms with Crippen LogP contribution < -0.4 is 5.32 Å². The molecule has 0 bridgehead atoms. The summed E-state index contributed by atoms with van der Waals surface area (Å²) in [5, 5.41) is 3.18. The highest BCUT2D eigenvalue weighted by atomic mass is 19.4. The van der Waals surface area contributed by atoms with E-state index in [1.54, 1.807) is 4.90 Å². The first-order valence-corrected chi connectivity index (χ1v) is 6.50. The van der Waals surface area contributed by atoms with Gasteiger partial charge >= 0.3 is 6.18 Å². The van der Waals surface area contributed by atoms with E-state index < -0.39 is 12.7 Å². The molecule has 1 saturated carbocycles. The second-order valence-electron chi connectivity index (χ2n) is 4.83. The van der Waals surface area contributed by atoms with Crippen molar-refractivity contribution in [2.24, 2.45) is 0 Å². The van der Waals surface area contributed by atoms with Gasteiger partial charge in [-0.25, -0.2) is 0 Å². The number of alkyl halides is 3. The van der Waals surface area contributed by atoms with Crippen LogP contribution >= 0.6 is 0 Å². The van der Waals surface area contributed by atoms with Gasteiger partial charge in [0.25, 0.3) is 0 Å². The van der Waals surface area contributed by atoms with E-state index in [-0.39, 0.29) is 12.1 Å². The molecule has 108 valence electrons. The highest BCUT2D eigenvalue weighted by Gasteiger charge is 2.41. The molecule has 1 atom stereocenters. The van der Waals surface area contributed by atoms with Crippen LogP contribution in [0.25, 0.3) is 0 Å². The molecule has 0 aromatic heterocycles. The third-order valence-electron chi connectivity index (χ3n) is 3.01. The van der Waals surface area contributed by atoms with Gasteiger partial charge < -0.3 is 10.1 Å². The van der Waals surface area contributed by atoms with Crippen molar-refractivity contribution in [3.8, 4) is 0 Å². The summed E-state index contributed by atoms with van der Waals surface area (Å²) in [4.78, 5) is 1.55. The SMILES string of the molecule is CCCNCC(COC)N(CC(F)(F)F)C1CC1. The Hall–Kier alpha value is -0.330. The lowest BCUT2D eigenvalue weighted by Crippen LogP contribution is -2.50. The van der Waals surface area contributed by atoms with Crippen LogP contribution in [0.1, 0.15) is 26.2 Å². The van der Waals surface area contributed by atoms with Crippen molar-refractivity contribution in [2.45, 2.75) is 44.4 Å². The van der Waals surface area contributed by atoms with E-state index in [1.165, 1.54) is 7.11 Å². The molecule has 1 N–H and O–H groups in total. The van der Waals surface area contributed by atoms with E-state index in [0.29, 0.717) is 13.2 Å². The first-order chi connectivity index (χ1) is 8.48. The molecule has 0 amide bonds. The zero-order valence-corrected chi connectivity index (χ0v) is 11.1. The summed E-state index contributed by atoms with van der Waals surface area (Å²) in [6.07, 6.45) is -1.43. The number of nitrogens with zero attached hydrogens (tertiary/aromatic N) is 1. The minimum absolute atomic E-state index is 0.0789. The average Bonchev–Trinajstić information content (AvgIpc) is 3.08. The van der Waals surface area contributed by atoms with E-state index in [9.17, 15) is 13.2 Å². The Labute approximate surface area is 107 Å². The first-order valence-electron chi connectivity index (χ1n) is 6.50. The Balaban J connectivity index is 2.53.